The Morgan fingerprint density at radius 1 is 1.57 bits per heavy atom. The van der Waals surface area contributed by atoms with Gasteiger partial charge in [0.25, 0.3) is 0 Å². The van der Waals surface area contributed by atoms with Crippen LogP contribution < -0.4 is 5.43 Å². The van der Waals surface area contributed by atoms with Crippen LogP contribution in [0.5, 0.6) is 0 Å². The standard InChI is InChI=1S/C10H20N2O2/c1-4-14-9(13)11-12-7-5-6-10(2,3)8-12/h4-8H2,1-3H3,(H,11,13). The lowest BCUT2D eigenvalue weighted by Gasteiger charge is -2.37. The Balaban J connectivity index is 2.34. The number of hydrogen-bond donors (Lipinski definition) is 1. The Morgan fingerprint density at radius 2 is 2.29 bits per heavy atom. The summed E-state index contributed by atoms with van der Waals surface area (Å²) in [6, 6.07) is 0. The molecule has 0 radical (unpaired) electrons. The maximum atomic E-state index is 11.1. The summed E-state index contributed by atoms with van der Waals surface area (Å²) in [6.45, 7) is 8.47. The largest absolute Gasteiger partial charge is 0.449 e. The third-order valence-corrected chi connectivity index (χ3v) is 2.43. The number of carbonyl (C=O) groups is 1. The van der Waals surface area contributed by atoms with E-state index in [-0.39, 0.29) is 11.5 Å². The van der Waals surface area contributed by atoms with Gasteiger partial charge in [0.15, 0.2) is 0 Å². The number of rotatable bonds is 2. The van der Waals surface area contributed by atoms with E-state index in [0.717, 1.165) is 19.5 Å². The zero-order valence-electron chi connectivity index (χ0n) is 9.30. The highest BCUT2D eigenvalue weighted by molar-refractivity contribution is 5.66. The Kier molecular flexibility index (Phi) is 3.75. The molecular formula is C10H20N2O2. The summed E-state index contributed by atoms with van der Waals surface area (Å²) >= 11 is 0. The Bertz CT molecular complexity index is 204. The number of nitrogens with one attached hydrogen (secondary N) is 1. The lowest BCUT2D eigenvalue weighted by molar-refractivity contribution is 0.0576. The lowest BCUT2D eigenvalue weighted by atomic mass is 9.85. The topological polar surface area (TPSA) is 41.6 Å². The molecule has 0 spiro atoms. The fourth-order valence-corrected chi connectivity index (χ4v) is 1.81. The van der Waals surface area contributed by atoms with E-state index in [0.29, 0.717) is 6.61 Å². The van der Waals surface area contributed by atoms with Crippen LogP contribution in [0.4, 0.5) is 4.79 Å². The lowest BCUT2D eigenvalue weighted by Crippen LogP contribution is -2.50. The van der Waals surface area contributed by atoms with Gasteiger partial charge in [-0.25, -0.2) is 9.80 Å². The minimum Gasteiger partial charge on any atom is -0.449 e. The molecule has 0 atom stereocenters. The third kappa shape index (κ3) is 3.54. The molecule has 82 valence electrons. The Hall–Kier alpha value is -0.770. The summed E-state index contributed by atoms with van der Waals surface area (Å²) in [7, 11) is 0. The number of hydrogen-bond acceptors (Lipinski definition) is 3. The van der Waals surface area contributed by atoms with Gasteiger partial charge in [-0.1, -0.05) is 13.8 Å². The first-order valence-corrected chi connectivity index (χ1v) is 5.22. The normalized spacial score (nSPS) is 21.6. The van der Waals surface area contributed by atoms with Crippen molar-refractivity contribution >= 4 is 6.09 Å². The van der Waals surface area contributed by atoms with Gasteiger partial charge in [-0.15, -0.1) is 0 Å². The van der Waals surface area contributed by atoms with E-state index in [1.165, 1.54) is 6.42 Å². The van der Waals surface area contributed by atoms with Gasteiger partial charge in [-0.3, -0.25) is 5.43 Å². The molecule has 1 heterocycles. The molecule has 0 aromatic carbocycles. The van der Waals surface area contributed by atoms with Crippen LogP contribution in [0.25, 0.3) is 0 Å². The average molecular weight is 200 g/mol. The number of hydrazine groups is 1. The highest BCUT2D eigenvalue weighted by Crippen LogP contribution is 2.27. The molecule has 1 aliphatic rings. The molecular weight excluding hydrogens is 180 g/mol. The van der Waals surface area contributed by atoms with E-state index < -0.39 is 0 Å². The average Bonchev–Trinajstić information content (AvgIpc) is 2.02. The van der Waals surface area contributed by atoms with Gasteiger partial charge in [0.1, 0.15) is 0 Å². The number of carbonyl (C=O) groups excluding carboxylic acids is 1. The summed E-state index contributed by atoms with van der Waals surface area (Å²) in [5.74, 6) is 0. The molecule has 1 rings (SSSR count). The molecule has 1 amide bonds. The predicted octanol–water partition coefficient (Wildman–Crippen LogP) is 1.77. The van der Waals surface area contributed by atoms with E-state index in [4.69, 9.17) is 4.74 Å². The molecule has 0 aromatic heterocycles. The molecule has 4 nitrogen and oxygen atoms in total. The van der Waals surface area contributed by atoms with Gasteiger partial charge in [0, 0.05) is 13.1 Å². The van der Waals surface area contributed by atoms with Crippen LogP contribution in [-0.2, 0) is 4.74 Å². The smallest absolute Gasteiger partial charge is 0.421 e. The molecule has 0 unspecified atom stereocenters. The fourth-order valence-electron chi connectivity index (χ4n) is 1.81. The minimum atomic E-state index is -0.342. The molecule has 0 aliphatic carbocycles. The second-order valence-corrected chi connectivity index (χ2v) is 4.52. The molecule has 1 N–H and O–H groups in total. The zero-order valence-corrected chi connectivity index (χ0v) is 9.30. The van der Waals surface area contributed by atoms with Crippen molar-refractivity contribution in [2.24, 2.45) is 5.41 Å². The van der Waals surface area contributed by atoms with Gasteiger partial charge in [0.2, 0.25) is 0 Å². The summed E-state index contributed by atoms with van der Waals surface area (Å²) in [5, 5.41) is 1.95. The first-order valence-electron chi connectivity index (χ1n) is 5.22. The summed E-state index contributed by atoms with van der Waals surface area (Å²) in [4.78, 5) is 11.1. The van der Waals surface area contributed by atoms with E-state index >= 15 is 0 Å². The highest BCUT2D eigenvalue weighted by Gasteiger charge is 2.27. The van der Waals surface area contributed by atoms with Crippen LogP contribution in [-0.4, -0.2) is 30.8 Å². The van der Waals surface area contributed by atoms with Gasteiger partial charge < -0.3 is 4.74 Å². The van der Waals surface area contributed by atoms with Crippen molar-refractivity contribution in [2.45, 2.75) is 33.6 Å². The minimum absolute atomic E-state index is 0.289. The molecule has 1 saturated heterocycles. The van der Waals surface area contributed by atoms with Crippen molar-refractivity contribution in [3.63, 3.8) is 0 Å². The van der Waals surface area contributed by atoms with Crippen molar-refractivity contribution in [1.82, 2.24) is 10.4 Å². The summed E-state index contributed by atoms with van der Waals surface area (Å²) in [6.07, 6.45) is 2.00. The van der Waals surface area contributed by atoms with Crippen LogP contribution in [0.3, 0.4) is 0 Å². The molecule has 1 aliphatic heterocycles. The third-order valence-electron chi connectivity index (χ3n) is 2.43. The number of nitrogens with zero attached hydrogens (tertiary/aromatic N) is 1. The van der Waals surface area contributed by atoms with Crippen LogP contribution in [0.1, 0.15) is 33.6 Å². The first-order chi connectivity index (χ1) is 6.53. The van der Waals surface area contributed by atoms with Gasteiger partial charge in [-0.2, -0.15) is 0 Å². The zero-order chi connectivity index (χ0) is 10.6. The maximum Gasteiger partial charge on any atom is 0.421 e. The van der Waals surface area contributed by atoms with Crippen molar-refractivity contribution in [3.05, 3.63) is 0 Å². The molecule has 14 heavy (non-hydrogen) atoms. The van der Waals surface area contributed by atoms with Gasteiger partial charge in [0.05, 0.1) is 6.61 Å². The fraction of sp³-hybridized carbons (Fsp3) is 0.900. The molecule has 0 aromatic rings. The SMILES string of the molecule is CCOC(=O)NN1CCCC(C)(C)C1. The molecule has 0 bridgehead atoms. The first kappa shape index (κ1) is 11.3. The summed E-state index contributed by atoms with van der Waals surface area (Å²) < 4.78 is 4.82. The summed E-state index contributed by atoms with van der Waals surface area (Å²) in [5.41, 5.74) is 3.04. The maximum absolute atomic E-state index is 11.1. The van der Waals surface area contributed by atoms with E-state index in [9.17, 15) is 4.79 Å². The van der Waals surface area contributed by atoms with Crippen molar-refractivity contribution in [3.8, 4) is 0 Å². The number of piperidine rings is 1. The number of amides is 1. The van der Waals surface area contributed by atoms with Crippen molar-refractivity contribution < 1.29 is 9.53 Å². The Morgan fingerprint density at radius 3 is 2.86 bits per heavy atom. The predicted molar refractivity (Wildman–Crippen MR) is 54.7 cm³/mol. The van der Waals surface area contributed by atoms with Crippen LogP contribution in [0, 0.1) is 5.41 Å². The van der Waals surface area contributed by atoms with Gasteiger partial charge in [-0.05, 0) is 25.2 Å². The van der Waals surface area contributed by atoms with E-state index in [1.54, 1.807) is 6.92 Å². The van der Waals surface area contributed by atoms with Crippen LogP contribution >= 0.6 is 0 Å². The van der Waals surface area contributed by atoms with Crippen LogP contribution in [0.2, 0.25) is 0 Å². The van der Waals surface area contributed by atoms with E-state index in [1.807, 2.05) is 5.01 Å². The Labute approximate surface area is 85.6 Å². The van der Waals surface area contributed by atoms with E-state index in [2.05, 4.69) is 19.3 Å². The van der Waals surface area contributed by atoms with Crippen molar-refractivity contribution in [2.75, 3.05) is 19.7 Å². The van der Waals surface area contributed by atoms with Crippen molar-refractivity contribution in [1.29, 1.82) is 0 Å². The van der Waals surface area contributed by atoms with Gasteiger partial charge >= 0.3 is 6.09 Å². The molecule has 4 heteroatoms. The van der Waals surface area contributed by atoms with Crippen LogP contribution in [0.15, 0.2) is 0 Å². The molecule has 0 saturated carbocycles. The monoisotopic (exact) mass is 200 g/mol. The number of ether oxygens (including phenoxy) is 1. The quantitative estimate of drug-likeness (QED) is 0.738. The second kappa shape index (κ2) is 4.64. The molecule has 1 fully saturated rings. The second-order valence-electron chi connectivity index (χ2n) is 4.52. The highest BCUT2D eigenvalue weighted by atomic mass is 16.6.